The number of rotatable bonds is 10. The van der Waals surface area contributed by atoms with Gasteiger partial charge in [0.1, 0.15) is 17.2 Å². The van der Waals surface area contributed by atoms with Crippen LogP contribution < -0.4 is 44.7 Å². The molecule has 0 atom stereocenters. The molecule has 0 aliphatic carbocycles. The van der Waals surface area contributed by atoms with E-state index in [-0.39, 0.29) is 76.2 Å². The van der Waals surface area contributed by atoms with Crippen LogP contribution in [-0.2, 0) is 15.5 Å². The van der Waals surface area contributed by atoms with Crippen LogP contribution in [0.4, 0.5) is 20.2 Å². The Bertz CT molecular complexity index is 911. The number of carbonyl (C=O) groups excluding carboxylic acids is 1. The van der Waals surface area contributed by atoms with E-state index in [9.17, 15) is 28.8 Å². The Morgan fingerprint density at radius 2 is 1.97 bits per heavy atom. The average molecular weight is 453 g/mol. The number of aliphatic carboxylic acids is 1. The molecule has 1 N–H and O–H groups in total. The molecule has 0 aliphatic rings. The third-order valence-corrected chi connectivity index (χ3v) is 3.91. The average Bonchev–Trinajstić information content (AvgIpc) is 2.62. The summed E-state index contributed by atoms with van der Waals surface area (Å²) < 4.78 is 37.1. The van der Waals surface area contributed by atoms with Gasteiger partial charge in [-0.2, -0.15) is 0 Å². The van der Waals surface area contributed by atoms with E-state index in [4.69, 9.17) is 21.1 Å². The number of carboxylic acid groups (broad SMARTS) is 1. The van der Waals surface area contributed by atoms with Gasteiger partial charge in [-0.05, 0) is 24.3 Å². The van der Waals surface area contributed by atoms with Gasteiger partial charge in [0.05, 0.1) is 29.1 Å². The number of alkyl halides is 2. The van der Waals surface area contributed by atoms with Crippen LogP contribution in [0.3, 0.4) is 0 Å². The zero-order valence-electron chi connectivity index (χ0n) is 16.1. The molecular weight excluding hydrogens is 437 g/mol. The predicted octanol–water partition coefficient (Wildman–Crippen LogP) is 0.335. The number of carbonyl (C=O) groups is 1. The van der Waals surface area contributed by atoms with Gasteiger partial charge in [0.2, 0.25) is 0 Å². The summed E-state index contributed by atoms with van der Waals surface area (Å²) in [5.41, 5.74) is -0.431. The Labute approximate surface area is 197 Å². The molecule has 30 heavy (non-hydrogen) atoms. The summed E-state index contributed by atoms with van der Waals surface area (Å²) in [6.45, 7) is 0.190. The Balaban J connectivity index is 0.00000450. The van der Waals surface area contributed by atoms with Gasteiger partial charge >= 0.3 is 29.6 Å². The van der Waals surface area contributed by atoms with E-state index in [2.05, 4.69) is 5.32 Å². The van der Waals surface area contributed by atoms with E-state index in [1.54, 1.807) is 0 Å². The molecule has 156 valence electrons. The number of anilines is 1. The van der Waals surface area contributed by atoms with E-state index >= 15 is 0 Å². The molecule has 0 heterocycles. The van der Waals surface area contributed by atoms with Crippen LogP contribution in [0.1, 0.15) is 12.5 Å². The third kappa shape index (κ3) is 7.69. The number of hydrogen-bond donors (Lipinski definition) is 1. The number of nitro benzene ring substituents is 1. The van der Waals surface area contributed by atoms with Crippen LogP contribution in [-0.4, -0.2) is 30.7 Å². The van der Waals surface area contributed by atoms with Crippen molar-refractivity contribution in [3.8, 4) is 11.5 Å². The van der Waals surface area contributed by atoms with E-state index < -0.39 is 23.4 Å². The van der Waals surface area contributed by atoms with Crippen molar-refractivity contribution >= 4 is 28.9 Å². The molecule has 0 spiro atoms. The molecule has 2 aromatic carbocycles. The fourth-order valence-corrected chi connectivity index (χ4v) is 2.50. The molecular formula is C18H16ClF2N2NaO6. The second-order valence-electron chi connectivity index (χ2n) is 5.92. The van der Waals surface area contributed by atoms with E-state index in [0.717, 1.165) is 13.0 Å². The van der Waals surface area contributed by atoms with Crippen LogP contribution >= 0.6 is 11.6 Å². The first-order valence-corrected chi connectivity index (χ1v) is 8.61. The molecule has 0 fully saturated rings. The van der Waals surface area contributed by atoms with Gasteiger partial charge in [0.15, 0.2) is 0 Å². The van der Waals surface area contributed by atoms with Crippen LogP contribution in [0.25, 0.3) is 0 Å². The van der Waals surface area contributed by atoms with E-state index in [1.807, 2.05) is 0 Å². The maximum atomic E-state index is 13.4. The van der Waals surface area contributed by atoms with Crippen molar-refractivity contribution in [1.29, 1.82) is 0 Å². The van der Waals surface area contributed by atoms with E-state index in [0.29, 0.717) is 0 Å². The molecule has 0 radical (unpaired) electrons. The number of nitrogens with one attached hydrogen (secondary N) is 1. The monoisotopic (exact) mass is 452 g/mol. The minimum absolute atomic E-state index is 0. The molecule has 0 amide bonds. The van der Waals surface area contributed by atoms with Crippen LogP contribution in [0.15, 0.2) is 36.4 Å². The summed E-state index contributed by atoms with van der Waals surface area (Å²) in [6, 6.07) is 7.38. The molecule has 8 nitrogen and oxygen atoms in total. The first-order valence-electron chi connectivity index (χ1n) is 8.23. The molecule has 0 unspecified atom stereocenters. The maximum Gasteiger partial charge on any atom is 1.00 e. The quantitative estimate of drug-likeness (QED) is 0.239. The molecule has 0 saturated heterocycles. The molecule has 2 rings (SSSR count). The normalized spacial score (nSPS) is 10.8. The van der Waals surface area contributed by atoms with Crippen molar-refractivity contribution in [2.45, 2.75) is 12.8 Å². The first-order chi connectivity index (χ1) is 13.6. The van der Waals surface area contributed by atoms with Crippen molar-refractivity contribution in [1.82, 2.24) is 0 Å². The molecule has 12 heteroatoms. The smallest absolute Gasteiger partial charge is 0.548 e. The zero-order valence-corrected chi connectivity index (χ0v) is 18.9. The number of ether oxygens (including phenoxy) is 2. The number of benzene rings is 2. The van der Waals surface area contributed by atoms with Gasteiger partial charge in [-0.1, -0.05) is 11.6 Å². The van der Waals surface area contributed by atoms with E-state index in [1.165, 1.54) is 30.3 Å². The van der Waals surface area contributed by atoms with Crippen LogP contribution in [0, 0.1) is 10.1 Å². The topological polar surface area (TPSA) is 114 Å². The second-order valence-corrected chi connectivity index (χ2v) is 6.33. The summed E-state index contributed by atoms with van der Waals surface area (Å²) in [7, 11) is 0. The maximum absolute atomic E-state index is 13.4. The third-order valence-electron chi connectivity index (χ3n) is 3.61. The van der Waals surface area contributed by atoms with Gasteiger partial charge in [0, 0.05) is 31.2 Å². The Kier molecular flexibility index (Phi) is 9.92. The number of nitrogens with zero attached hydrogens (tertiary/aromatic N) is 1. The standard InChI is InChI=1S/C18H17ClF2N2O6.Na/c1-18(20,21)11-2-5-16(13(19)8-11)29-12-3-4-15(23(26)27)14(9-12)22-6-7-28-10-17(24)25;/h2-5,8-9,22H,6-7,10H2,1H3,(H,24,25);/q;+1/p-1. The van der Waals surface area contributed by atoms with Crippen LogP contribution in [0.2, 0.25) is 5.02 Å². The molecule has 0 saturated carbocycles. The molecule has 0 aliphatic heterocycles. The predicted molar refractivity (Wildman–Crippen MR) is 98.5 cm³/mol. The Hall–Kier alpha value is -1.98. The minimum atomic E-state index is -3.06. The zero-order chi connectivity index (χ0) is 21.6. The van der Waals surface area contributed by atoms with Gasteiger partial charge in [-0.15, -0.1) is 0 Å². The molecule has 0 aromatic heterocycles. The number of halogens is 3. The summed E-state index contributed by atoms with van der Waals surface area (Å²) in [4.78, 5) is 20.8. The number of hydrogen-bond acceptors (Lipinski definition) is 7. The van der Waals surface area contributed by atoms with Crippen molar-refractivity contribution in [2.24, 2.45) is 0 Å². The number of carboxylic acids is 1. The minimum Gasteiger partial charge on any atom is -0.548 e. The van der Waals surface area contributed by atoms with Gasteiger partial charge in [0.25, 0.3) is 11.6 Å². The summed E-state index contributed by atoms with van der Waals surface area (Å²) in [6.07, 6.45) is 0. The van der Waals surface area contributed by atoms with Crippen LogP contribution in [0.5, 0.6) is 11.5 Å². The van der Waals surface area contributed by atoms with Crippen molar-refractivity contribution in [3.05, 3.63) is 57.1 Å². The molecule has 0 bridgehead atoms. The van der Waals surface area contributed by atoms with Gasteiger partial charge in [-0.25, -0.2) is 8.78 Å². The molecule has 2 aromatic rings. The summed E-state index contributed by atoms with van der Waals surface area (Å²) >= 11 is 6.00. The van der Waals surface area contributed by atoms with Crippen molar-refractivity contribution in [2.75, 3.05) is 25.1 Å². The largest absolute Gasteiger partial charge is 1.00 e. The fraction of sp³-hybridized carbons (Fsp3) is 0.278. The Morgan fingerprint density at radius 3 is 2.53 bits per heavy atom. The first kappa shape index (κ1) is 26.1. The van der Waals surface area contributed by atoms with Gasteiger partial charge in [-0.3, -0.25) is 10.1 Å². The van der Waals surface area contributed by atoms with Crippen molar-refractivity contribution < 1.29 is 62.6 Å². The van der Waals surface area contributed by atoms with Crippen molar-refractivity contribution in [3.63, 3.8) is 0 Å². The van der Waals surface area contributed by atoms with Gasteiger partial charge < -0.3 is 24.7 Å². The summed E-state index contributed by atoms with van der Waals surface area (Å²) in [5, 5.41) is 24.2. The SMILES string of the molecule is CC(F)(F)c1ccc(Oc2ccc([N+](=O)[O-])c(NCCOCC(=O)[O-])c2)c(Cl)c1.[Na+]. The fourth-order valence-electron chi connectivity index (χ4n) is 2.28. The second kappa shape index (κ2) is 11.4. The Morgan fingerprint density at radius 1 is 1.27 bits per heavy atom. The number of nitro groups is 1. The summed E-state index contributed by atoms with van der Waals surface area (Å²) in [5.74, 6) is -4.18.